The molecular formula is C41H68O12S. The molecule has 54 heavy (non-hydrogen) atoms. The van der Waals surface area contributed by atoms with Crippen molar-refractivity contribution < 1.29 is 56.8 Å². The Kier molecular flexibility index (Phi) is 28.8. The average molecular weight is 785 g/mol. The Bertz CT molecular complexity index is 1240. The Morgan fingerprint density at radius 1 is 0.648 bits per heavy atom. The summed E-state index contributed by atoms with van der Waals surface area (Å²) in [6.45, 7) is 3.52. The lowest BCUT2D eigenvalue weighted by molar-refractivity contribution is -0.297. The zero-order valence-corrected chi connectivity index (χ0v) is 33.4. The largest absolute Gasteiger partial charge is 0.462 e. The van der Waals surface area contributed by atoms with E-state index in [0.29, 0.717) is 12.8 Å². The highest BCUT2D eigenvalue weighted by Gasteiger charge is 2.46. The molecule has 310 valence electrons. The van der Waals surface area contributed by atoms with Crippen LogP contribution in [0, 0.1) is 0 Å². The first-order valence-corrected chi connectivity index (χ1v) is 21.5. The van der Waals surface area contributed by atoms with Gasteiger partial charge in [-0.3, -0.25) is 14.1 Å². The fourth-order valence-corrected chi connectivity index (χ4v) is 6.21. The first-order valence-electron chi connectivity index (χ1n) is 19.8. The molecule has 0 aromatic carbocycles. The first-order chi connectivity index (χ1) is 26.0. The van der Waals surface area contributed by atoms with Crippen LogP contribution in [-0.4, -0.2) is 96.0 Å². The lowest BCUT2D eigenvalue weighted by atomic mass is 10.00. The van der Waals surface area contributed by atoms with Crippen molar-refractivity contribution in [2.24, 2.45) is 0 Å². The summed E-state index contributed by atoms with van der Waals surface area (Å²) in [6.07, 6.45) is 27.4. The Balaban J connectivity index is 2.46. The molecule has 0 aromatic heterocycles. The highest BCUT2D eigenvalue weighted by atomic mass is 32.2. The van der Waals surface area contributed by atoms with Crippen molar-refractivity contribution in [2.45, 2.75) is 166 Å². The Hall–Kier alpha value is -2.65. The Labute approximate surface area is 324 Å². The molecule has 0 radical (unpaired) electrons. The molecule has 1 heterocycles. The van der Waals surface area contributed by atoms with Crippen LogP contribution >= 0.6 is 0 Å². The van der Waals surface area contributed by atoms with E-state index < -0.39 is 71.2 Å². The predicted octanol–water partition coefficient (Wildman–Crippen LogP) is 7.00. The van der Waals surface area contributed by atoms with Crippen molar-refractivity contribution in [1.29, 1.82) is 0 Å². The van der Waals surface area contributed by atoms with Crippen LogP contribution in [0.25, 0.3) is 0 Å². The maximum absolute atomic E-state index is 12.6. The molecule has 1 saturated heterocycles. The number of allylic oxidation sites excluding steroid dienone is 10. The minimum Gasteiger partial charge on any atom is -0.462 e. The van der Waals surface area contributed by atoms with Crippen LogP contribution in [0.4, 0.5) is 0 Å². The fourth-order valence-electron chi connectivity index (χ4n) is 5.52. The van der Waals surface area contributed by atoms with Gasteiger partial charge in [0.2, 0.25) is 0 Å². The number of unbranched alkanes of at least 4 members (excludes halogenated alkanes) is 9. The van der Waals surface area contributed by atoms with Crippen LogP contribution in [0.15, 0.2) is 60.8 Å². The number of rotatable bonds is 31. The topological polar surface area (TPSA) is 186 Å². The van der Waals surface area contributed by atoms with Crippen LogP contribution in [0.2, 0.25) is 0 Å². The van der Waals surface area contributed by atoms with Crippen molar-refractivity contribution in [3.8, 4) is 0 Å². The summed E-state index contributed by atoms with van der Waals surface area (Å²) in [6, 6.07) is 0. The molecule has 0 spiro atoms. The minimum absolute atomic E-state index is 0.153. The smallest absolute Gasteiger partial charge is 0.306 e. The van der Waals surface area contributed by atoms with E-state index in [4.69, 9.17) is 18.9 Å². The molecular weight excluding hydrogens is 717 g/mol. The van der Waals surface area contributed by atoms with Gasteiger partial charge in [0, 0.05) is 12.8 Å². The van der Waals surface area contributed by atoms with Gasteiger partial charge in [0.25, 0.3) is 10.1 Å². The maximum Gasteiger partial charge on any atom is 0.306 e. The van der Waals surface area contributed by atoms with Gasteiger partial charge in [0.1, 0.15) is 36.8 Å². The summed E-state index contributed by atoms with van der Waals surface area (Å²) in [7, 11) is -4.60. The molecule has 1 fully saturated rings. The van der Waals surface area contributed by atoms with Crippen LogP contribution in [0.3, 0.4) is 0 Å². The summed E-state index contributed by atoms with van der Waals surface area (Å²) in [5.41, 5.74) is 0. The van der Waals surface area contributed by atoms with E-state index in [1.807, 2.05) is 0 Å². The molecule has 0 amide bonds. The number of hydrogen-bond donors (Lipinski definition) is 4. The van der Waals surface area contributed by atoms with Crippen LogP contribution in [0.5, 0.6) is 0 Å². The summed E-state index contributed by atoms with van der Waals surface area (Å²) < 4.78 is 53.7. The molecule has 1 aliphatic rings. The summed E-state index contributed by atoms with van der Waals surface area (Å²) >= 11 is 0. The monoisotopic (exact) mass is 784 g/mol. The SMILES string of the molecule is CC/C=C/C/C=C/C/C=C/C/C=C/C/C=C/CCCCCC(=O)OC[C@H](CO[C@@H]1O[C@@H](CS(=O)(=O)O)[C@H](O)C(O)C1O)OC(=O)CCCCCCCCC. The quantitative estimate of drug-likeness (QED) is 0.0245. The third-order valence-corrected chi connectivity index (χ3v) is 9.36. The lowest BCUT2D eigenvalue weighted by Crippen LogP contribution is -2.60. The van der Waals surface area contributed by atoms with E-state index in [9.17, 15) is 37.9 Å². The molecule has 4 N–H and O–H groups in total. The van der Waals surface area contributed by atoms with E-state index in [2.05, 4.69) is 74.6 Å². The molecule has 1 aliphatic heterocycles. The highest BCUT2D eigenvalue weighted by molar-refractivity contribution is 7.85. The van der Waals surface area contributed by atoms with Gasteiger partial charge >= 0.3 is 11.9 Å². The van der Waals surface area contributed by atoms with Gasteiger partial charge in [-0.15, -0.1) is 0 Å². The molecule has 13 heteroatoms. The van der Waals surface area contributed by atoms with Crippen molar-refractivity contribution >= 4 is 22.1 Å². The van der Waals surface area contributed by atoms with Gasteiger partial charge in [-0.05, 0) is 57.8 Å². The van der Waals surface area contributed by atoms with Crippen LogP contribution in [-0.2, 0) is 38.7 Å². The van der Waals surface area contributed by atoms with Gasteiger partial charge in [0.15, 0.2) is 12.4 Å². The Morgan fingerprint density at radius 2 is 1.17 bits per heavy atom. The van der Waals surface area contributed by atoms with E-state index in [1.54, 1.807) is 0 Å². The van der Waals surface area contributed by atoms with Crippen molar-refractivity contribution in [2.75, 3.05) is 19.0 Å². The van der Waals surface area contributed by atoms with Gasteiger partial charge in [-0.25, -0.2) is 0 Å². The first kappa shape index (κ1) is 49.4. The maximum atomic E-state index is 12.6. The van der Waals surface area contributed by atoms with E-state index in [-0.39, 0.29) is 19.4 Å². The predicted molar refractivity (Wildman–Crippen MR) is 210 cm³/mol. The van der Waals surface area contributed by atoms with E-state index >= 15 is 0 Å². The van der Waals surface area contributed by atoms with E-state index in [1.165, 1.54) is 6.42 Å². The average Bonchev–Trinajstić information content (AvgIpc) is 3.13. The second-order valence-corrected chi connectivity index (χ2v) is 15.1. The highest BCUT2D eigenvalue weighted by Crippen LogP contribution is 2.24. The number of carbonyl (C=O) groups excluding carboxylic acids is 2. The molecule has 2 unspecified atom stereocenters. The summed E-state index contributed by atoms with van der Waals surface area (Å²) in [5.74, 6) is -2.04. The molecule has 0 saturated carbocycles. The molecule has 0 aromatic rings. The lowest BCUT2D eigenvalue weighted by Gasteiger charge is -2.40. The third-order valence-electron chi connectivity index (χ3n) is 8.61. The zero-order chi connectivity index (χ0) is 39.9. The van der Waals surface area contributed by atoms with Crippen LogP contribution in [0.1, 0.15) is 129 Å². The number of carbonyl (C=O) groups is 2. The Morgan fingerprint density at radius 3 is 1.74 bits per heavy atom. The fraction of sp³-hybridized carbons (Fsp3) is 0.707. The number of aliphatic hydroxyl groups is 3. The molecule has 0 bridgehead atoms. The van der Waals surface area contributed by atoms with Crippen molar-refractivity contribution in [1.82, 2.24) is 0 Å². The third kappa shape index (κ3) is 26.2. The number of esters is 2. The molecule has 6 atom stereocenters. The van der Waals surface area contributed by atoms with Crippen molar-refractivity contribution in [3.05, 3.63) is 60.8 Å². The van der Waals surface area contributed by atoms with Gasteiger partial charge in [-0.1, -0.05) is 120 Å². The van der Waals surface area contributed by atoms with Gasteiger partial charge < -0.3 is 34.3 Å². The van der Waals surface area contributed by atoms with Gasteiger partial charge in [-0.2, -0.15) is 8.42 Å². The van der Waals surface area contributed by atoms with E-state index in [0.717, 1.165) is 83.5 Å². The second-order valence-electron chi connectivity index (χ2n) is 13.6. The standard InChI is InChI=1S/C41H68O12S/c1-3-5-7-9-11-12-13-14-15-16-17-18-19-20-21-22-24-25-27-29-36(42)50-31-34(52-37(43)30-28-26-23-10-8-6-4-2)32-51-41-40(46)39(45)38(44)35(53-41)33-54(47,48)49/h5,7,11-12,14-15,17-18,20-21,34-35,38-41,44-46H,3-4,6,8-10,13,16,19,22-33H2,1-2H3,(H,47,48,49)/b7-5+,12-11+,15-14+,18-17+,21-20+/t34-,35+,38+,39?,40?,41-/m1/s1. The molecule has 12 nitrogen and oxygen atoms in total. The minimum atomic E-state index is -4.60. The number of aliphatic hydroxyl groups excluding tert-OH is 3. The zero-order valence-electron chi connectivity index (χ0n) is 32.5. The summed E-state index contributed by atoms with van der Waals surface area (Å²) in [4.78, 5) is 25.1. The van der Waals surface area contributed by atoms with Crippen molar-refractivity contribution in [3.63, 3.8) is 0 Å². The normalized spacial score (nSPS) is 21.6. The second kappa shape index (κ2) is 31.5. The summed E-state index contributed by atoms with van der Waals surface area (Å²) in [5, 5.41) is 30.7. The number of ether oxygens (including phenoxy) is 4. The number of hydrogen-bond acceptors (Lipinski definition) is 11. The molecule has 1 rings (SSSR count). The molecule has 0 aliphatic carbocycles. The van der Waals surface area contributed by atoms with Gasteiger partial charge in [0.05, 0.1) is 6.61 Å². The van der Waals surface area contributed by atoms with Crippen LogP contribution < -0.4 is 0 Å².